The van der Waals surface area contributed by atoms with Gasteiger partial charge in [-0.15, -0.1) is 0 Å². The number of rotatable bonds is 2. The molecule has 0 N–H and O–H groups in total. The molecule has 0 amide bonds. The predicted molar refractivity (Wildman–Crippen MR) is 23.3 cm³/mol. The second-order valence-corrected chi connectivity index (χ2v) is 1.53. The first-order valence-corrected chi connectivity index (χ1v) is 2.25. The zero-order chi connectivity index (χ0) is 4.41. The number of hydrogen-bond acceptors (Lipinski definition) is 1. The van der Waals surface area contributed by atoms with Crippen LogP contribution in [-0.4, -0.2) is 12.7 Å². The van der Waals surface area contributed by atoms with Gasteiger partial charge in [0.2, 0.25) is 0 Å². The van der Waals surface area contributed by atoms with Gasteiger partial charge in [-0.2, -0.15) is 0 Å². The van der Waals surface area contributed by atoms with Gasteiger partial charge >= 0.3 is 0 Å². The third-order valence-corrected chi connectivity index (χ3v) is 0.891. The Bertz CT molecular complexity index is 39.2. The third kappa shape index (κ3) is 0.977. The quantitative estimate of drug-likeness (QED) is 0.452. The lowest BCUT2D eigenvalue weighted by Crippen LogP contribution is -1.79. The van der Waals surface area contributed by atoms with E-state index in [2.05, 4.69) is 0 Å². The summed E-state index contributed by atoms with van der Waals surface area (Å²) >= 11 is 0. The van der Waals surface area contributed by atoms with Crippen molar-refractivity contribution in [2.24, 2.45) is 0 Å². The molecule has 34 valence electrons. The van der Waals surface area contributed by atoms with Gasteiger partial charge in [0.15, 0.2) is 0 Å². The Morgan fingerprint density at radius 3 is 2.67 bits per heavy atom. The van der Waals surface area contributed by atoms with Crippen molar-refractivity contribution in [1.29, 1.82) is 0 Å². The first-order chi connectivity index (χ1) is 2.93. The molecule has 0 aliphatic carbocycles. The molecular weight excluding hydrogens is 76.1 g/mol. The van der Waals surface area contributed by atoms with Crippen LogP contribution in [-0.2, 0) is 4.74 Å². The van der Waals surface area contributed by atoms with E-state index in [4.69, 9.17) is 11.7 Å². The second-order valence-electron chi connectivity index (χ2n) is 1.53. The molecule has 1 unspecified atom stereocenters. The fourth-order valence-electron chi connectivity index (χ4n) is 0.421. The predicted octanol–water partition coefficient (Wildman–Crippen LogP) is 0.876. The average Bonchev–Trinajstić information content (AvgIpc) is 2.21. The van der Waals surface area contributed by atoms with Crippen molar-refractivity contribution in [3.8, 4) is 0 Å². The Morgan fingerprint density at radius 2 is 2.50 bits per heavy atom. The molecule has 1 aliphatic heterocycles. The Hall–Kier alpha value is -0.0400. The highest BCUT2D eigenvalue weighted by Crippen LogP contribution is 2.13. The molecule has 0 aromatic rings. The number of epoxide rings is 1. The van der Waals surface area contributed by atoms with Crippen LogP contribution in [0, 0.1) is 6.92 Å². The normalized spacial score (nSPS) is 30.5. The first kappa shape index (κ1) is 4.13. The molecule has 0 saturated carbocycles. The second kappa shape index (κ2) is 1.61. The lowest BCUT2D eigenvalue weighted by molar-refractivity contribution is 0.398. The van der Waals surface area contributed by atoms with E-state index in [1.54, 1.807) is 0 Å². The summed E-state index contributed by atoms with van der Waals surface area (Å²) in [4.78, 5) is 0. The topological polar surface area (TPSA) is 12.5 Å². The van der Waals surface area contributed by atoms with E-state index in [1.807, 2.05) is 0 Å². The summed E-state index contributed by atoms with van der Waals surface area (Å²) in [5.74, 6) is 0. The molecule has 1 atom stereocenters. The van der Waals surface area contributed by atoms with Gasteiger partial charge in [0.1, 0.15) is 0 Å². The largest absolute Gasteiger partial charge is 0.373 e. The molecule has 1 fully saturated rings. The minimum Gasteiger partial charge on any atom is -0.373 e. The molecule has 1 saturated heterocycles. The minimum absolute atomic E-state index is 0.523. The van der Waals surface area contributed by atoms with E-state index >= 15 is 0 Å². The van der Waals surface area contributed by atoms with Gasteiger partial charge in [-0.3, -0.25) is 0 Å². The third-order valence-electron chi connectivity index (χ3n) is 0.891. The minimum atomic E-state index is 0.523. The fraction of sp³-hybridized carbons (Fsp3) is 0.800. The number of hydrogen-bond donors (Lipinski definition) is 0. The Balaban J connectivity index is 1.88. The summed E-state index contributed by atoms with van der Waals surface area (Å²) in [6.45, 7) is 6.13. The van der Waals surface area contributed by atoms with Crippen LogP contribution in [0.5, 0.6) is 0 Å². The summed E-state index contributed by atoms with van der Waals surface area (Å²) in [7, 11) is 0. The maximum atomic E-state index is 5.19. The van der Waals surface area contributed by atoms with Crippen LogP contribution in [0.15, 0.2) is 0 Å². The van der Waals surface area contributed by atoms with Crippen molar-refractivity contribution >= 4 is 0 Å². The molecule has 0 spiro atoms. The van der Waals surface area contributed by atoms with Gasteiger partial charge in [0, 0.05) is 0 Å². The van der Waals surface area contributed by atoms with Crippen molar-refractivity contribution < 1.29 is 4.74 Å². The Kier molecular flexibility index (Phi) is 1.10. The summed E-state index contributed by atoms with van der Waals surface area (Å²) in [5.41, 5.74) is 0. The smallest absolute Gasteiger partial charge is 0.0810 e. The van der Waals surface area contributed by atoms with Crippen LogP contribution < -0.4 is 0 Å². The Morgan fingerprint density at radius 1 is 1.83 bits per heavy atom. The van der Waals surface area contributed by atoms with Crippen molar-refractivity contribution in [1.82, 2.24) is 0 Å². The molecule has 0 aromatic carbocycles. The molecule has 6 heavy (non-hydrogen) atoms. The monoisotopic (exact) mass is 84.1 g/mol. The van der Waals surface area contributed by atoms with Gasteiger partial charge in [-0.05, 0) is 19.8 Å². The molecule has 0 aromatic heterocycles. The van der Waals surface area contributed by atoms with Crippen molar-refractivity contribution in [3.05, 3.63) is 6.92 Å². The van der Waals surface area contributed by atoms with Crippen molar-refractivity contribution in [2.45, 2.75) is 18.9 Å². The molecule has 1 rings (SSSR count). The van der Waals surface area contributed by atoms with E-state index < -0.39 is 0 Å². The van der Waals surface area contributed by atoms with E-state index in [0.717, 1.165) is 19.4 Å². The maximum absolute atomic E-state index is 5.19. The van der Waals surface area contributed by atoms with Crippen LogP contribution in [0.4, 0.5) is 0 Å². The lowest BCUT2D eigenvalue weighted by Gasteiger charge is -1.79. The molecule has 1 aliphatic rings. The SMILES string of the molecule is [CH]CCC1CO1. The zero-order valence-electron chi connectivity index (χ0n) is 3.68. The van der Waals surface area contributed by atoms with E-state index in [-0.39, 0.29) is 0 Å². The summed E-state index contributed by atoms with van der Waals surface area (Å²) < 4.78 is 4.87. The van der Waals surface area contributed by atoms with Crippen LogP contribution in [0.3, 0.4) is 0 Å². The zero-order valence-corrected chi connectivity index (χ0v) is 3.68. The molecule has 0 bridgehead atoms. The van der Waals surface area contributed by atoms with E-state index in [0.29, 0.717) is 6.10 Å². The van der Waals surface area contributed by atoms with Crippen LogP contribution in [0.2, 0.25) is 0 Å². The highest BCUT2D eigenvalue weighted by Gasteiger charge is 2.19. The Labute approximate surface area is 38.3 Å². The lowest BCUT2D eigenvalue weighted by atomic mass is 10.3. The van der Waals surface area contributed by atoms with Gasteiger partial charge in [0.05, 0.1) is 12.7 Å². The van der Waals surface area contributed by atoms with Crippen LogP contribution in [0.1, 0.15) is 12.8 Å². The first-order valence-electron chi connectivity index (χ1n) is 2.25. The summed E-state index contributed by atoms with van der Waals surface area (Å²) in [6.07, 6.45) is 2.33. The standard InChI is InChI=1S/C5H8O/c1-2-3-5-4-6-5/h1,5H,2-4H2. The molecule has 1 nitrogen and oxygen atoms in total. The maximum Gasteiger partial charge on any atom is 0.0810 e. The molecule has 1 heterocycles. The van der Waals surface area contributed by atoms with Gasteiger partial charge in [-0.25, -0.2) is 0 Å². The van der Waals surface area contributed by atoms with Gasteiger partial charge < -0.3 is 4.74 Å². The summed E-state index contributed by atoms with van der Waals surface area (Å²) in [5, 5.41) is 0. The number of ether oxygens (including phenoxy) is 1. The van der Waals surface area contributed by atoms with E-state index in [9.17, 15) is 0 Å². The summed E-state index contributed by atoms with van der Waals surface area (Å²) in [6, 6.07) is 0. The van der Waals surface area contributed by atoms with Gasteiger partial charge in [-0.1, -0.05) is 0 Å². The van der Waals surface area contributed by atoms with Crippen molar-refractivity contribution in [3.63, 3.8) is 0 Å². The molecular formula is C5H8O. The van der Waals surface area contributed by atoms with E-state index in [1.165, 1.54) is 0 Å². The van der Waals surface area contributed by atoms with Gasteiger partial charge in [0.25, 0.3) is 0 Å². The molecule has 2 radical (unpaired) electrons. The highest BCUT2D eigenvalue weighted by molar-refractivity contribution is 4.68. The highest BCUT2D eigenvalue weighted by atomic mass is 16.6. The van der Waals surface area contributed by atoms with Crippen molar-refractivity contribution in [2.75, 3.05) is 6.61 Å². The molecule has 1 heteroatoms. The van der Waals surface area contributed by atoms with Crippen LogP contribution >= 0.6 is 0 Å². The average molecular weight is 84.1 g/mol. The van der Waals surface area contributed by atoms with Crippen LogP contribution in [0.25, 0.3) is 0 Å². The fourth-order valence-corrected chi connectivity index (χ4v) is 0.421.